The van der Waals surface area contributed by atoms with Crippen molar-refractivity contribution in [2.24, 2.45) is 0 Å². The maximum atomic E-state index is 5.78. The van der Waals surface area contributed by atoms with E-state index >= 15 is 0 Å². The third-order valence-electron chi connectivity index (χ3n) is 3.94. The van der Waals surface area contributed by atoms with Gasteiger partial charge in [0.05, 0.1) is 7.11 Å². The van der Waals surface area contributed by atoms with E-state index in [4.69, 9.17) is 9.47 Å². The number of rotatable bonds is 6. The second-order valence-electron chi connectivity index (χ2n) is 5.55. The minimum absolute atomic E-state index is 0.308. The number of para-hydroxylation sites is 2. The fourth-order valence-electron chi connectivity index (χ4n) is 2.76. The van der Waals surface area contributed by atoms with Crippen LogP contribution < -0.4 is 14.8 Å². The van der Waals surface area contributed by atoms with Gasteiger partial charge in [-0.25, -0.2) is 0 Å². The zero-order chi connectivity index (χ0) is 13.6. The van der Waals surface area contributed by atoms with Gasteiger partial charge in [0.15, 0.2) is 11.5 Å². The lowest BCUT2D eigenvalue weighted by atomic mass is 9.83. The van der Waals surface area contributed by atoms with Gasteiger partial charge in [0.1, 0.15) is 6.61 Å². The molecule has 1 aliphatic carbocycles. The molecule has 3 nitrogen and oxygen atoms in total. The Morgan fingerprint density at radius 3 is 2.47 bits per heavy atom. The molecular weight excluding hydrogens is 238 g/mol. The first-order valence-corrected chi connectivity index (χ1v) is 7.24. The summed E-state index contributed by atoms with van der Waals surface area (Å²) < 4.78 is 11.0. The molecule has 0 aliphatic heterocycles. The molecule has 0 atom stereocenters. The van der Waals surface area contributed by atoms with E-state index in [0.29, 0.717) is 12.1 Å². The van der Waals surface area contributed by atoms with Crippen LogP contribution in [-0.4, -0.2) is 25.8 Å². The predicted molar refractivity (Wildman–Crippen MR) is 78.0 cm³/mol. The Morgan fingerprint density at radius 2 is 1.79 bits per heavy atom. The van der Waals surface area contributed by atoms with Crippen LogP contribution in [0.3, 0.4) is 0 Å². The van der Waals surface area contributed by atoms with E-state index in [-0.39, 0.29) is 0 Å². The minimum atomic E-state index is 0.308. The van der Waals surface area contributed by atoms with Crippen LogP contribution in [0.15, 0.2) is 24.3 Å². The quantitative estimate of drug-likeness (QED) is 0.798. The minimum Gasteiger partial charge on any atom is -0.493 e. The van der Waals surface area contributed by atoms with Gasteiger partial charge in [-0.15, -0.1) is 0 Å². The van der Waals surface area contributed by atoms with Crippen molar-refractivity contribution in [3.63, 3.8) is 0 Å². The summed E-state index contributed by atoms with van der Waals surface area (Å²) in [6, 6.07) is 7.78. The summed E-state index contributed by atoms with van der Waals surface area (Å²) in [5.41, 5.74) is 0.308. The lowest BCUT2D eigenvalue weighted by Crippen LogP contribution is -2.45. The zero-order valence-corrected chi connectivity index (χ0v) is 12.1. The summed E-state index contributed by atoms with van der Waals surface area (Å²) in [4.78, 5) is 0. The molecule has 3 heteroatoms. The molecule has 0 heterocycles. The summed E-state index contributed by atoms with van der Waals surface area (Å²) in [6.07, 6.45) is 6.63. The van der Waals surface area contributed by atoms with Crippen molar-refractivity contribution in [2.75, 3.05) is 20.3 Å². The van der Waals surface area contributed by atoms with Crippen LogP contribution in [0.25, 0.3) is 0 Å². The topological polar surface area (TPSA) is 30.5 Å². The monoisotopic (exact) mass is 263 g/mol. The molecule has 0 bridgehead atoms. The first-order valence-electron chi connectivity index (χ1n) is 7.24. The number of hydrogen-bond acceptors (Lipinski definition) is 3. The fourth-order valence-corrected chi connectivity index (χ4v) is 2.76. The van der Waals surface area contributed by atoms with Crippen molar-refractivity contribution < 1.29 is 9.47 Å². The molecule has 0 unspecified atom stereocenters. The summed E-state index contributed by atoms with van der Waals surface area (Å²) >= 11 is 0. The van der Waals surface area contributed by atoms with Crippen LogP contribution in [0.4, 0.5) is 0 Å². The lowest BCUT2D eigenvalue weighted by molar-refractivity contribution is 0.224. The fraction of sp³-hybridized carbons (Fsp3) is 0.625. The number of benzene rings is 1. The van der Waals surface area contributed by atoms with Gasteiger partial charge in [0.2, 0.25) is 0 Å². The van der Waals surface area contributed by atoms with E-state index in [2.05, 4.69) is 12.2 Å². The third kappa shape index (κ3) is 4.13. The van der Waals surface area contributed by atoms with E-state index < -0.39 is 0 Å². The van der Waals surface area contributed by atoms with E-state index in [1.54, 1.807) is 7.11 Å². The summed E-state index contributed by atoms with van der Waals surface area (Å²) in [6.45, 7) is 3.89. The van der Waals surface area contributed by atoms with Gasteiger partial charge in [-0.1, -0.05) is 31.4 Å². The number of ether oxygens (including phenoxy) is 2. The van der Waals surface area contributed by atoms with Gasteiger partial charge >= 0.3 is 0 Å². The lowest BCUT2D eigenvalue weighted by Gasteiger charge is -2.34. The molecule has 0 aromatic heterocycles. The summed E-state index contributed by atoms with van der Waals surface area (Å²) in [5, 5.41) is 3.64. The van der Waals surface area contributed by atoms with Crippen LogP contribution in [0.5, 0.6) is 11.5 Å². The maximum Gasteiger partial charge on any atom is 0.161 e. The van der Waals surface area contributed by atoms with Gasteiger partial charge in [0, 0.05) is 12.1 Å². The maximum absolute atomic E-state index is 5.78. The molecule has 0 saturated heterocycles. The van der Waals surface area contributed by atoms with Gasteiger partial charge < -0.3 is 14.8 Å². The Balaban J connectivity index is 1.74. The van der Waals surface area contributed by atoms with Crippen LogP contribution in [0.1, 0.15) is 39.0 Å². The molecule has 2 rings (SSSR count). The second kappa shape index (κ2) is 6.80. The highest BCUT2D eigenvalue weighted by Crippen LogP contribution is 2.28. The average Bonchev–Trinajstić information content (AvgIpc) is 2.45. The highest BCUT2D eigenvalue weighted by atomic mass is 16.5. The molecule has 1 N–H and O–H groups in total. The molecule has 106 valence electrons. The molecule has 1 fully saturated rings. The van der Waals surface area contributed by atoms with E-state index in [0.717, 1.165) is 18.0 Å². The van der Waals surface area contributed by atoms with Crippen molar-refractivity contribution in [1.82, 2.24) is 5.32 Å². The third-order valence-corrected chi connectivity index (χ3v) is 3.94. The van der Waals surface area contributed by atoms with Crippen molar-refractivity contribution >= 4 is 0 Å². The molecule has 0 radical (unpaired) electrons. The predicted octanol–water partition coefficient (Wildman–Crippen LogP) is 3.39. The summed E-state index contributed by atoms with van der Waals surface area (Å²) in [5.74, 6) is 1.62. The number of nitrogens with one attached hydrogen (secondary N) is 1. The van der Waals surface area contributed by atoms with Gasteiger partial charge in [-0.2, -0.15) is 0 Å². The van der Waals surface area contributed by atoms with Crippen molar-refractivity contribution in [2.45, 2.75) is 44.6 Å². The Labute approximate surface area is 116 Å². The van der Waals surface area contributed by atoms with Crippen molar-refractivity contribution in [3.8, 4) is 11.5 Å². The smallest absolute Gasteiger partial charge is 0.161 e. The van der Waals surface area contributed by atoms with Crippen molar-refractivity contribution in [3.05, 3.63) is 24.3 Å². The van der Waals surface area contributed by atoms with Gasteiger partial charge in [0.25, 0.3) is 0 Å². The molecule has 19 heavy (non-hydrogen) atoms. The Hall–Kier alpha value is -1.22. The first kappa shape index (κ1) is 14.2. The molecule has 0 spiro atoms. The number of methoxy groups -OCH3 is 1. The zero-order valence-electron chi connectivity index (χ0n) is 12.1. The molecule has 1 aliphatic rings. The van der Waals surface area contributed by atoms with Gasteiger partial charge in [-0.3, -0.25) is 0 Å². The largest absolute Gasteiger partial charge is 0.493 e. The standard InChI is InChI=1S/C16H25NO2/c1-16(10-6-3-7-11-16)17-12-13-19-15-9-5-4-8-14(15)18-2/h4-5,8-9,17H,3,6-7,10-13H2,1-2H3. The molecule has 1 aromatic rings. The van der Waals surface area contributed by atoms with Crippen molar-refractivity contribution in [1.29, 1.82) is 0 Å². The normalized spacial score (nSPS) is 18.0. The van der Waals surface area contributed by atoms with Crippen LogP contribution >= 0.6 is 0 Å². The van der Waals surface area contributed by atoms with E-state index in [1.165, 1.54) is 32.1 Å². The highest BCUT2D eigenvalue weighted by molar-refractivity contribution is 5.39. The van der Waals surface area contributed by atoms with Crippen LogP contribution in [0, 0.1) is 0 Å². The first-order chi connectivity index (χ1) is 9.23. The molecular formula is C16H25NO2. The van der Waals surface area contributed by atoms with E-state index in [9.17, 15) is 0 Å². The Morgan fingerprint density at radius 1 is 1.11 bits per heavy atom. The number of hydrogen-bond donors (Lipinski definition) is 1. The molecule has 1 saturated carbocycles. The average molecular weight is 263 g/mol. The Kier molecular flexibility index (Phi) is 5.08. The Bertz CT molecular complexity index is 386. The SMILES string of the molecule is COc1ccccc1OCCNC1(C)CCCCC1. The van der Waals surface area contributed by atoms with Gasteiger partial charge in [-0.05, 0) is 31.9 Å². The highest BCUT2D eigenvalue weighted by Gasteiger charge is 2.25. The molecule has 1 aromatic carbocycles. The van der Waals surface area contributed by atoms with E-state index in [1.807, 2.05) is 24.3 Å². The van der Waals surface area contributed by atoms with Crippen LogP contribution in [-0.2, 0) is 0 Å². The molecule has 0 amide bonds. The van der Waals surface area contributed by atoms with Crippen LogP contribution in [0.2, 0.25) is 0 Å². The summed E-state index contributed by atoms with van der Waals surface area (Å²) in [7, 11) is 1.67. The second-order valence-corrected chi connectivity index (χ2v) is 5.55.